The van der Waals surface area contributed by atoms with Gasteiger partial charge in [0.1, 0.15) is 6.04 Å². The van der Waals surface area contributed by atoms with Gasteiger partial charge in [0.2, 0.25) is 0 Å². The summed E-state index contributed by atoms with van der Waals surface area (Å²) in [5, 5.41) is 12.3. The van der Waals surface area contributed by atoms with E-state index in [0.29, 0.717) is 19.6 Å². The zero-order valence-electron chi connectivity index (χ0n) is 16.0. The number of anilines is 1. The van der Waals surface area contributed by atoms with Gasteiger partial charge in [-0.3, -0.25) is 14.7 Å². The van der Waals surface area contributed by atoms with Gasteiger partial charge in [0, 0.05) is 56.8 Å². The highest BCUT2D eigenvalue weighted by Gasteiger charge is 2.29. The summed E-state index contributed by atoms with van der Waals surface area (Å²) in [5.41, 5.74) is 1.13. The highest BCUT2D eigenvalue weighted by Crippen LogP contribution is 2.16. The van der Waals surface area contributed by atoms with E-state index in [1.165, 1.54) is 0 Å². The summed E-state index contributed by atoms with van der Waals surface area (Å²) in [5.74, 6) is -0.816. The van der Waals surface area contributed by atoms with E-state index < -0.39 is 12.0 Å². The number of carboxylic acids is 1. The first-order chi connectivity index (χ1) is 12.5. The molecule has 28 heavy (non-hydrogen) atoms. The van der Waals surface area contributed by atoms with Crippen molar-refractivity contribution in [3.8, 4) is 0 Å². The molecule has 0 aromatic carbocycles. The van der Waals surface area contributed by atoms with Gasteiger partial charge in [0.15, 0.2) is 0 Å². The molecule has 2 fully saturated rings. The standard InChI is InChI=1S/C18H27N5O3.2ClH/c1-14(17(24)25)23-8-2-3-15(13-23)20-18(26)22-11-9-21(10-12-22)16-4-6-19-7-5-16;;/h4-7,14-15H,2-3,8-13H2,1H3,(H,20,26)(H,24,25);2*1H. The number of pyridine rings is 1. The van der Waals surface area contributed by atoms with Gasteiger partial charge in [0.05, 0.1) is 0 Å². The van der Waals surface area contributed by atoms with E-state index in [4.69, 9.17) is 0 Å². The number of piperazine rings is 1. The fraction of sp³-hybridized carbons (Fsp3) is 0.611. The molecule has 8 nitrogen and oxygen atoms in total. The van der Waals surface area contributed by atoms with Gasteiger partial charge in [-0.2, -0.15) is 0 Å². The molecule has 2 amide bonds. The van der Waals surface area contributed by atoms with E-state index in [9.17, 15) is 14.7 Å². The van der Waals surface area contributed by atoms with Crippen LogP contribution in [0, 0.1) is 0 Å². The van der Waals surface area contributed by atoms with Crippen LogP contribution >= 0.6 is 24.8 Å². The first kappa shape index (κ1) is 24.3. The number of carbonyl (C=O) groups is 2. The molecule has 0 saturated carbocycles. The molecule has 2 atom stereocenters. The van der Waals surface area contributed by atoms with Gasteiger partial charge in [-0.1, -0.05) is 0 Å². The minimum absolute atomic E-state index is 0. The fourth-order valence-electron chi connectivity index (χ4n) is 3.62. The zero-order chi connectivity index (χ0) is 18.5. The quantitative estimate of drug-likeness (QED) is 0.750. The maximum Gasteiger partial charge on any atom is 0.320 e. The minimum Gasteiger partial charge on any atom is -0.480 e. The second-order valence-electron chi connectivity index (χ2n) is 6.98. The molecule has 0 bridgehead atoms. The average molecular weight is 434 g/mol. The molecule has 2 aliphatic rings. The van der Waals surface area contributed by atoms with Gasteiger partial charge in [0.25, 0.3) is 0 Å². The summed E-state index contributed by atoms with van der Waals surface area (Å²) < 4.78 is 0. The molecule has 2 saturated heterocycles. The number of nitrogens with one attached hydrogen (secondary N) is 1. The number of hydrogen-bond donors (Lipinski definition) is 2. The number of aliphatic carboxylic acids is 1. The Morgan fingerprint density at radius 3 is 2.39 bits per heavy atom. The highest BCUT2D eigenvalue weighted by molar-refractivity contribution is 5.85. The third-order valence-electron chi connectivity index (χ3n) is 5.28. The normalized spacial score (nSPS) is 21.1. The van der Waals surface area contributed by atoms with Crippen LogP contribution in [0.1, 0.15) is 19.8 Å². The van der Waals surface area contributed by atoms with Gasteiger partial charge in [-0.25, -0.2) is 4.79 Å². The Morgan fingerprint density at radius 2 is 1.79 bits per heavy atom. The van der Waals surface area contributed by atoms with E-state index in [1.54, 1.807) is 19.3 Å². The lowest BCUT2D eigenvalue weighted by molar-refractivity contribution is -0.143. The van der Waals surface area contributed by atoms with E-state index in [2.05, 4.69) is 15.2 Å². The molecule has 2 unspecified atom stereocenters. The molecule has 3 heterocycles. The molecule has 3 rings (SSSR count). The molecule has 10 heteroatoms. The third-order valence-corrected chi connectivity index (χ3v) is 5.28. The first-order valence-corrected chi connectivity index (χ1v) is 9.22. The van der Waals surface area contributed by atoms with Gasteiger partial charge in [-0.05, 0) is 38.4 Å². The van der Waals surface area contributed by atoms with Crippen LogP contribution in [0.5, 0.6) is 0 Å². The molecule has 0 spiro atoms. The molecular formula is C18H29Cl2N5O3. The summed E-state index contributed by atoms with van der Waals surface area (Å²) in [6.45, 7) is 6.01. The predicted molar refractivity (Wildman–Crippen MR) is 113 cm³/mol. The number of carbonyl (C=O) groups excluding carboxylic acids is 1. The number of halogens is 2. The van der Waals surface area contributed by atoms with Crippen LogP contribution in [0.25, 0.3) is 0 Å². The summed E-state index contributed by atoms with van der Waals surface area (Å²) in [6.07, 6.45) is 5.35. The Morgan fingerprint density at radius 1 is 1.14 bits per heavy atom. The van der Waals surface area contributed by atoms with E-state index in [1.807, 2.05) is 21.9 Å². The van der Waals surface area contributed by atoms with Crippen LogP contribution in [-0.4, -0.2) is 83.2 Å². The van der Waals surface area contributed by atoms with Crippen molar-refractivity contribution < 1.29 is 14.7 Å². The van der Waals surface area contributed by atoms with Crippen molar-refractivity contribution in [1.82, 2.24) is 20.1 Å². The summed E-state index contributed by atoms with van der Waals surface area (Å²) >= 11 is 0. The predicted octanol–water partition coefficient (Wildman–Crippen LogP) is 1.69. The van der Waals surface area contributed by atoms with Crippen molar-refractivity contribution in [2.24, 2.45) is 0 Å². The smallest absolute Gasteiger partial charge is 0.320 e. The molecule has 0 radical (unpaired) electrons. The number of piperidine rings is 1. The maximum atomic E-state index is 12.6. The topological polar surface area (TPSA) is 89.0 Å². The number of urea groups is 1. The van der Waals surface area contributed by atoms with Crippen LogP contribution in [0.2, 0.25) is 0 Å². The number of rotatable bonds is 4. The number of likely N-dealkylation sites (tertiary alicyclic amines) is 1. The van der Waals surface area contributed by atoms with Crippen molar-refractivity contribution >= 4 is 42.5 Å². The third kappa shape index (κ3) is 6.12. The van der Waals surface area contributed by atoms with Crippen molar-refractivity contribution in [2.75, 3.05) is 44.2 Å². The number of aromatic nitrogens is 1. The fourth-order valence-corrected chi connectivity index (χ4v) is 3.62. The second-order valence-corrected chi connectivity index (χ2v) is 6.98. The Hall–Kier alpha value is -1.77. The van der Waals surface area contributed by atoms with Crippen LogP contribution in [0.15, 0.2) is 24.5 Å². The number of hydrogen-bond acceptors (Lipinski definition) is 5. The lowest BCUT2D eigenvalue weighted by atomic mass is 10.0. The molecule has 1 aromatic rings. The average Bonchev–Trinajstić information content (AvgIpc) is 2.68. The molecule has 0 aliphatic carbocycles. The van der Waals surface area contributed by atoms with E-state index in [0.717, 1.165) is 38.2 Å². The highest BCUT2D eigenvalue weighted by atomic mass is 35.5. The monoisotopic (exact) mass is 433 g/mol. The van der Waals surface area contributed by atoms with Crippen molar-refractivity contribution in [3.05, 3.63) is 24.5 Å². The first-order valence-electron chi connectivity index (χ1n) is 9.22. The summed E-state index contributed by atoms with van der Waals surface area (Å²) in [6, 6.07) is 3.41. The van der Waals surface area contributed by atoms with Crippen molar-refractivity contribution in [3.63, 3.8) is 0 Å². The Balaban J connectivity index is 0.00000196. The zero-order valence-corrected chi connectivity index (χ0v) is 17.6. The molecule has 1 aromatic heterocycles. The van der Waals surface area contributed by atoms with Crippen LogP contribution < -0.4 is 10.2 Å². The molecular weight excluding hydrogens is 405 g/mol. The van der Waals surface area contributed by atoms with E-state index >= 15 is 0 Å². The van der Waals surface area contributed by atoms with Crippen molar-refractivity contribution in [1.29, 1.82) is 0 Å². The summed E-state index contributed by atoms with van der Waals surface area (Å²) in [7, 11) is 0. The van der Waals surface area contributed by atoms with Crippen LogP contribution in [0.4, 0.5) is 10.5 Å². The van der Waals surface area contributed by atoms with Gasteiger partial charge < -0.3 is 20.2 Å². The maximum absolute atomic E-state index is 12.6. The minimum atomic E-state index is -0.816. The Labute approximate surface area is 178 Å². The molecule has 2 aliphatic heterocycles. The number of carboxylic acid groups (broad SMARTS) is 1. The number of amides is 2. The second kappa shape index (κ2) is 11.3. The molecule has 158 valence electrons. The Kier molecular flexibility index (Phi) is 9.78. The Bertz CT molecular complexity index is 629. The van der Waals surface area contributed by atoms with Gasteiger partial charge >= 0.3 is 12.0 Å². The van der Waals surface area contributed by atoms with Crippen LogP contribution in [0.3, 0.4) is 0 Å². The van der Waals surface area contributed by atoms with Crippen LogP contribution in [-0.2, 0) is 4.79 Å². The summed E-state index contributed by atoms with van der Waals surface area (Å²) in [4.78, 5) is 33.8. The number of nitrogens with zero attached hydrogens (tertiary/aromatic N) is 4. The van der Waals surface area contributed by atoms with Crippen molar-refractivity contribution in [2.45, 2.75) is 31.8 Å². The lowest BCUT2D eigenvalue weighted by Gasteiger charge is -2.39. The SMILES string of the molecule is CC(C(=O)O)N1CCCC(NC(=O)N2CCN(c3ccncc3)CC2)C1.Cl.Cl. The largest absolute Gasteiger partial charge is 0.480 e. The van der Waals surface area contributed by atoms with Gasteiger partial charge in [-0.15, -0.1) is 24.8 Å². The molecule has 2 N–H and O–H groups in total. The lowest BCUT2D eigenvalue weighted by Crippen LogP contribution is -2.57. The van der Waals surface area contributed by atoms with E-state index in [-0.39, 0.29) is 36.9 Å².